The van der Waals surface area contributed by atoms with Crippen LogP contribution >= 0.6 is 0 Å². The molecule has 0 saturated heterocycles. The van der Waals surface area contributed by atoms with Crippen LogP contribution in [0.15, 0.2) is 60.7 Å². The number of amides is 2. The molecule has 43 heavy (non-hydrogen) atoms. The Hall–Kier alpha value is -3.97. The third-order valence-corrected chi connectivity index (χ3v) is 8.84. The SMILES string of the molecule is CCCCCOc1ccc(C2C(C(=O)Nc3cccc(C)c3C)C(=O)CC(C)(O)C2C(=O)Nc2cccc(C)c2C)cc1. The van der Waals surface area contributed by atoms with E-state index in [-0.39, 0.29) is 6.42 Å². The maximum Gasteiger partial charge on any atom is 0.235 e. The zero-order valence-corrected chi connectivity index (χ0v) is 26.1. The Kier molecular flexibility index (Phi) is 10.1. The highest BCUT2D eigenvalue weighted by Crippen LogP contribution is 2.47. The van der Waals surface area contributed by atoms with Crippen LogP contribution in [0.25, 0.3) is 0 Å². The van der Waals surface area contributed by atoms with Gasteiger partial charge in [0.25, 0.3) is 0 Å². The van der Waals surface area contributed by atoms with Gasteiger partial charge in [-0.2, -0.15) is 0 Å². The summed E-state index contributed by atoms with van der Waals surface area (Å²) in [5.74, 6) is -3.87. The topological polar surface area (TPSA) is 105 Å². The number of hydrogen-bond acceptors (Lipinski definition) is 5. The normalized spacial score (nSPS) is 21.7. The number of aryl methyl sites for hydroxylation is 2. The van der Waals surface area contributed by atoms with E-state index in [1.54, 1.807) is 30.3 Å². The van der Waals surface area contributed by atoms with Gasteiger partial charge in [-0.3, -0.25) is 14.4 Å². The molecular formula is C36H44N2O5. The average molecular weight is 585 g/mol. The standard InChI is InChI=1S/C36H44N2O5/c1-7-8-9-20-43-27-18-16-26(17-19-27)31-32(34(40)37-28-14-10-12-22(2)24(28)4)30(39)21-36(6,42)33(31)35(41)38-29-15-11-13-23(3)25(29)5/h10-19,31-33,42H,7-9,20-21H2,1-6H3,(H,37,40)(H,38,41). The molecule has 4 unspecified atom stereocenters. The lowest BCUT2D eigenvalue weighted by molar-refractivity contribution is -0.150. The first-order valence-corrected chi connectivity index (χ1v) is 15.2. The van der Waals surface area contributed by atoms with Gasteiger partial charge >= 0.3 is 0 Å². The van der Waals surface area contributed by atoms with Gasteiger partial charge in [0.05, 0.1) is 18.1 Å². The van der Waals surface area contributed by atoms with E-state index in [9.17, 15) is 19.5 Å². The van der Waals surface area contributed by atoms with E-state index in [0.29, 0.717) is 29.3 Å². The smallest absolute Gasteiger partial charge is 0.235 e. The van der Waals surface area contributed by atoms with Crippen molar-refractivity contribution in [3.8, 4) is 5.75 Å². The van der Waals surface area contributed by atoms with Crippen molar-refractivity contribution in [2.24, 2.45) is 11.8 Å². The average Bonchev–Trinajstić information content (AvgIpc) is 2.95. The van der Waals surface area contributed by atoms with Crippen LogP contribution in [0.2, 0.25) is 0 Å². The zero-order chi connectivity index (χ0) is 31.3. The number of hydrogen-bond donors (Lipinski definition) is 3. The largest absolute Gasteiger partial charge is 0.494 e. The minimum atomic E-state index is -1.69. The minimum absolute atomic E-state index is 0.322. The second-order valence-electron chi connectivity index (χ2n) is 12.1. The van der Waals surface area contributed by atoms with Crippen molar-refractivity contribution >= 4 is 29.0 Å². The van der Waals surface area contributed by atoms with Crippen LogP contribution < -0.4 is 15.4 Å². The Morgan fingerprint density at radius 2 is 1.42 bits per heavy atom. The number of Topliss-reactive ketones (excluding diaryl/α,β-unsaturated/α-hetero) is 1. The van der Waals surface area contributed by atoms with Crippen LogP contribution in [-0.4, -0.2) is 34.9 Å². The minimum Gasteiger partial charge on any atom is -0.494 e. The lowest BCUT2D eigenvalue weighted by Gasteiger charge is -2.44. The Morgan fingerprint density at radius 3 is 1.98 bits per heavy atom. The molecule has 7 nitrogen and oxygen atoms in total. The van der Waals surface area contributed by atoms with Gasteiger partial charge in [0.1, 0.15) is 17.5 Å². The number of carbonyl (C=O) groups excluding carboxylic acids is 3. The van der Waals surface area contributed by atoms with Crippen molar-refractivity contribution in [1.82, 2.24) is 0 Å². The number of rotatable bonds is 10. The highest BCUT2D eigenvalue weighted by atomic mass is 16.5. The third-order valence-electron chi connectivity index (χ3n) is 8.84. The number of nitrogens with one attached hydrogen (secondary N) is 2. The van der Waals surface area contributed by atoms with E-state index < -0.39 is 41.0 Å². The summed E-state index contributed by atoms with van der Waals surface area (Å²) in [5.41, 5.74) is 3.99. The summed E-state index contributed by atoms with van der Waals surface area (Å²) in [6.45, 7) is 12.0. The lowest BCUT2D eigenvalue weighted by atomic mass is 9.61. The number of unbranched alkanes of at least 4 members (excludes halogenated alkanes) is 2. The van der Waals surface area contributed by atoms with E-state index in [2.05, 4.69) is 17.6 Å². The molecule has 228 valence electrons. The highest BCUT2D eigenvalue weighted by Gasteiger charge is 2.56. The predicted molar refractivity (Wildman–Crippen MR) is 171 cm³/mol. The number of ether oxygens (including phenoxy) is 1. The Labute approximate surface area is 255 Å². The molecule has 7 heteroatoms. The van der Waals surface area contributed by atoms with Crippen LogP contribution in [0, 0.1) is 39.5 Å². The molecule has 0 bridgehead atoms. The molecule has 0 aromatic heterocycles. The third kappa shape index (κ3) is 7.16. The molecule has 0 spiro atoms. The van der Waals surface area contributed by atoms with Gasteiger partial charge in [0.15, 0.2) is 0 Å². The summed E-state index contributed by atoms with van der Waals surface area (Å²) in [6.07, 6.45) is 2.79. The summed E-state index contributed by atoms with van der Waals surface area (Å²) >= 11 is 0. The van der Waals surface area contributed by atoms with Crippen molar-refractivity contribution in [1.29, 1.82) is 0 Å². The van der Waals surface area contributed by atoms with Crippen LogP contribution in [0.5, 0.6) is 5.75 Å². The molecule has 1 aliphatic rings. The second-order valence-corrected chi connectivity index (χ2v) is 12.1. The van der Waals surface area contributed by atoms with Gasteiger partial charge in [-0.25, -0.2) is 0 Å². The van der Waals surface area contributed by atoms with Crippen molar-refractivity contribution in [2.75, 3.05) is 17.2 Å². The number of ketones is 1. The van der Waals surface area contributed by atoms with Gasteiger partial charge < -0.3 is 20.5 Å². The molecule has 2 amide bonds. The Balaban J connectivity index is 1.75. The molecule has 0 aliphatic heterocycles. The van der Waals surface area contributed by atoms with Crippen molar-refractivity contribution in [3.05, 3.63) is 88.5 Å². The molecular weight excluding hydrogens is 540 g/mol. The summed E-state index contributed by atoms with van der Waals surface area (Å²) in [5, 5.41) is 17.6. The molecule has 0 radical (unpaired) electrons. The van der Waals surface area contributed by atoms with Crippen molar-refractivity contribution in [3.63, 3.8) is 0 Å². The maximum atomic E-state index is 14.1. The monoisotopic (exact) mass is 584 g/mol. The molecule has 4 atom stereocenters. The Morgan fingerprint density at radius 1 is 0.860 bits per heavy atom. The summed E-state index contributed by atoms with van der Waals surface area (Å²) in [4.78, 5) is 41.7. The molecule has 1 saturated carbocycles. The zero-order valence-electron chi connectivity index (χ0n) is 26.1. The van der Waals surface area contributed by atoms with Gasteiger partial charge in [0, 0.05) is 23.7 Å². The number of anilines is 2. The molecule has 1 fully saturated rings. The first kappa shape index (κ1) is 32.0. The first-order valence-electron chi connectivity index (χ1n) is 15.2. The van der Waals surface area contributed by atoms with Crippen LogP contribution in [0.1, 0.15) is 73.3 Å². The van der Waals surface area contributed by atoms with Crippen LogP contribution in [0.4, 0.5) is 11.4 Å². The van der Waals surface area contributed by atoms with Gasteiger partial charge in [-0.1, -0.05) is 56.2 Å². The number of benzene rings is 3. The van der Waals surface area contributed by atoms with Gasteiger partial charge in [-0.05, 0) is 93.1 Å². The molecule has 1 aliphatic carbocycles. The lowest BCUT2D eigenvalue weighted by Crippen LogP contribution is -2.56. The van der Waals surface area contributed by atoms with E-state index >= 15 is 0 Å². The summed E-state index contributed by atoms with van der Waals surface area (Å²) in [6, 6.07) is 18.4. The molecule has 4 rings (SSSR count). The summed E-state index contributed by atoms with van der Waals surface area (Å²) in [7, 11) is 0. The van der Waals surface area contributed by atoms with Gasteiger partial charge in [0.2, 0.25) is 11.8 Å². The predicted octanol–water partition coefficient (Wildman–Crippen LogP) is 6.81. The van der Waals surface area contributed by atoms with E-state index in [4.69, 9.17) is 4.74 Å². The van der Waals surface area contributed by atoms with Gasteiger partial charge in [-0.15, -0.1) is 0 Å². The van der Waals surface area contributed by atoms with Crippen molar-refractivity contribution < 1.29 is 24.2 Å². The Bertz CT molecular complexity index is 1480. The van der Waals surface area contributed by atoms with Crippen LogP contribution in [-0.2, 0) is 14.4 Å². The fourth-order valence-electron chi connectivity index (χ4n) is 6.01. The first-order chi connectivity index (χ1) is 20.4. The van der Waals surface area contributed by atoms with E-state index in [1.807, 2.05) is 58.0 Å². The quantitative estimate of drug-likeness (QED) is 0.179. The summed E-state index contributed by atoms with van der Waals surface area (Å²) < 4.78 is 5.89. The highest BCUT2D eigenvalue weighted by molar-refractivity contribution is 6.10. The fraction of sp³-hybridized carbons (Fsp3) is 0.417. The van der Waals surface area contributed by atoms with Crippen molar-refractivity contribution in [2.45, 2.75) is 78.7 Å². The number of aliphatic hydroxyl groups is 1. The maximum absolute atomic E-state index is 14.1. The van der Waals surface area contributed by atoms with Crippen LogP contribution in [0.3, 0.4) is 0 Å². The number of carbonyl (C=O) groups is 3. The van der Waals surface area contributed by atoms with E-state index in [0.717, 1.165) is 41.5 Å². The molecule has 3 aromatic rings. The fourth-order valence-corrected chi connectivity index (χ4v) is 6.01. The molecule has 3 aromatic carbocycles. The molecule has 3 N–H and O–H groups in total. The van der Waals surface area contributed by atoms with E-state index in [1.165, 1.54) is 6.92 Å². The molecule has 0 heterocycles. The second kappa shape index (κ2) is 13.6.